The van der Waals surface area contributed by atoms with Gasteiger partial charge in [0.15, 0.2) is 0 Å². The molecule has 0 aromatic heterocycles. The van der Waals surface area contributed by atoms with Crippen LogP contribution in [0.25, 0.3) is 0 Å². The second kappa shape index (κ2) is 10.8. The van der Waals surface area contributed by atoms with E-state index in [1.807, 2.05) is 6.08 Å². The average molecular weight is 240 g/mol. The molecule has 1 aliphatic rings. The lowest BCUT2D eigenvalue weighted by atomic mass is 10.1. The minimum Gasteiger partial charge on any atom is -0.380 e. The lowest BCUT2D eigenvalue weighted by molar-refractivity contribution is 0.0962. The van der Waals surface area contributed by atoms with Gasteiger partial charge in [0.05, 0.1) is 6.61 Å². The third-order valence-corrected chi connectivity index (χ3v) is 3.21. The Morgan fingerprint density at radius 1 is 1.06 bits per heavy atom. The Balaban J connectivity index is 1.76. The molecule has 0 aliphatic carbocycles. The molecule has 17 heavy (non-hydrogen) atoms. The predicted octanol–water partition coefficient (Wildman–Crippen LogP) is 2.04. The highest BCUT2D eigenvalue weighted by Gasteiger charge is 2.07. The van der Waals surface area contributed by atoms with Gasteiger partial charge in [-0.25, -0.2) is 0 Å². The van der Waals surface area contributed by atoms with Crippen molar-refractivity contribution in [1.82, 2.24) is 10.2 Å². The standard InChI is InChI=1S/C14H28N2O/c1-2-3-4-5-6-7-13-17-14-12-16-10-8-15-9-11-16/h2,15H,1,3-14H2. The smallest absolute Gasteiger partial charge is 0.0593 e. The van der Waals surface area contributed by atoms with Gasteiger partial charge in [0, 0.05) is 39.3 Å². The lowest BCUT2D eigenvalue weighted by Crippen LogP contribution is -2.44. The van der Waals surface area contributed by atoms with E-state index in [2.05, 4.69) is 16.8 Å². The zero-order valence-electron chi connectivity index (χ0n) is 11.1. The summed E-state index contributed by atoms with van der Waals surface area (Å²) < 4.78 is 5.66. The quantitative estimate of drug-likeness (QED) is 0.467. The number of ether oxygens (including phenoxy) is 1. The Morgan fingerprint density at radius 3 is 2.59 bits per heavy atom. The summed E-state index contributed by atoms with van der Waals surface area (Å²) in [5.74, 6) is 0. The molecule has 1 saturated heterocycles. The maximum absolute atomic E-state index is 5.66. The summed E-state index contributed by atoms with van der Waals surface area (Å²) in [6.07, 6.45) is 8.26. The second-order valence-corrected chi connectivity index (χ2v) is 4.70. The summed E-state index contributed by atoms with van der Waals surface area (Å²) in [6, 6.07) is 0. The van der Waals surface area contributed by atoms with Gasteiger partial charge in [0.25, 0.3) is 0 Å². The van der Waals surface area contributed by atoms with Gasteiger partial charge in [0.2, 0.25) is 0 Å². The van der Waals surface area contributed by atoms with Crippen molar-refractivity contribution in [3.05, 3.63) is 12.7 Å². The molecule has 0 aromatic carbocycles. The minimum absolute atomic E-state index is 0.895. The first kappa shape index (κ1) is 14.7. The van der Waals surface area contributed by atoms with Gasteiger partial charge in [-0.1, -0.05) is 18.9 Å². The van der Waals surface area contributed by atoms with Crippen LogP contribution >= 0.6 is 0 Å². The normalized spacial score (nSPS) is 17.2. The lowest BCUT2D eigenvalue weighted by Gasteiger charge is -2.26. The van der Waals surface area contributed by atoms with Gasteiger partial charge in [-0.15, -0.1) is 6.58 Å². The molecule has 0 bridgehead atoms. The fraction of sp³-hybridized carbons (Fsp3) is 0.857. The maximum atomic E-state index is 5.66. The third-order valence-electron chi connectivity index (χ3n) is 3.21. The van der Waals surface area contributed by atoms with E-state index < -0.39 is 0 Å². The molecule has 1 fully saturated rings. The van der Waals surface area contributed by atoms with Crippen molar-refractivity contribution in [2.24, 2.45) is 0 Å². The Kier molecular flexibility index (Phi) is 9.29. The van der Waals surface area contributed by atoms with Gasteiger partial charge in [-0.3, -0.25) is 4.90 Å². The molecule has 100 valence electrons. The number of nitrogens with zero attached hydrogens (tertiary/aromatic N) is 1. The van der Waals surface area contributed by atoms with Crippen molar-refractivity contribution in [3.63, 3.8) is 0 Å². The summed E-state index contributed by atoms with van der Waals surface area (Å²) in [6.45, 7) is 11.3. The Labute approximate surface area is 106 Å². The molecule has 0 saturated carbocycles. The number of allylic oxidation sites excluding steroid dienone is 1. The van der Waals surface area contributed by atoms with E-state index in [0.717, 1.165) is 39.3 Å². The molecule has 1 N–H and O–H groups in total. The molecule has 1 heterocycles. The van der Waals surface area contributed by atoms with Crippen molar-refractivity contribution >= 4 is 0 Å². The summed E-state index contributed by atoms with van der Waals surface area (Å²) in [7, 11) is 0. The highest BCUT2D eigenvalue weighted by atomic mass is 16.5. The molecule has 0 radical (unpaired) electrons. The third kappa shape index (κ3) is 8.36. The van der Waals surface area contributed by atoms with Gasteiger partial charge < -0.3 is 10.1 Å². The number of piperazine rings is 1. The molecule has 1 rings (SSSR count). The van der Waals surface area contributed by atoms with Crippen LogP contribution in [-0.2, 0) is 4.74 Å². The van der Waals surface area contributed by atoms with E-state index in [0.29, 0.717) is 0 Å². The number of unbranched alkanes of at least 4 members (excludes halogenated alkanes) is 4. The summed E-state index contributed by atoms with van der Waals surface area (Å²) in [5, 5.41) is 3.36. The molecular weight excluding hydrogens is 212 g/mol. The van der Waals surface area contributed by atoms with Crippen molar-refractivity contribution in [2.45, 2.75) is 32.1 Å². The van der Waals surface area contributed by atoms with Crippen LogP contribution < -0.4 is 5.32 Å². The molecule has 1 aliphatic heterocycles. The number of rotatable bonds is 10. The zero-order chi connectivity index (χ0) is 12.2. The van der Waals surface area contributed by atoms with Gasteiger partial charge >= 0.3 is 0 Å². The van der Waals surface area contributed by atoms with Gasteiger partial charge in [0.1, 0.15) is 0 Å². The maximum Gasteiger partial charge on any atom is 0.0593 e. The minimum atomic E-state index is 0.895. The first-order valence-electron chi connectivity index (χ1n) is 7.05. The zero-order valence-corrected chi connectivity index (χ0v) is 11.1. The monoisotopic (exact) mass is 240 g/mol. The van der Waals surface area contributed by atoms with Crippen molar-refractivity contribution < 1.29 is 4.74 Å². The van der Waals surface area contributed by atoms with Crippen LogP contribution in [0.3, 0.4) is 0 Å². The molecule has 0 unspecified atom stereocenters. The molecule has 0 atom stereocenters. The average Bonchev–Trinajstić information content (AvgIpc) is 2.38. The van der Waals surface area contributed by atoms with E-state index in [4.69, 9.17) is 4.74 Å². The Bertz CT molecular complexity index is 179. The van der Waals surface area contributed by atoms with Gasteiger partial charge in [-0.05, 0) is 19.3 Å². The topological polar surface area (TPSA) is 24.5 Å². The first-order valence-corrected chi connectivity index (χ1v) is 7.05. The molecular formula is C14H28N2O. The second-order valence-electron chi connectivity index (χ2n) is 4.70. The van der Waals surface area contributed by atoms with Crippen LogP contribution in [0.2, 0.25) is 0 Å². The molecule has 0 spiro atoms. The first-order chi connectivity index (χ1) is 8.43. The predicted molar refractivity (Wildman–Crippen MR) is 73.4 cm³/mol. The van der Waals surface area contributed by atoms with E-state index in [-0.39, 0.29) is 0 Å². The highest BCUT2D eigenvalue weighted by molar-refractivity contribution is 4.67. The van der Waals surface area contributed by atoms with Crippen LogP contribution in [0, 0.1) is 0 Å². The van der Waals surface area contributed by atoms with Crippen LogP contribution in [0.5, 0.6) is 0 Å². The molecule has 0 aromatic rings. The van der Waals surface area contributed by atoms with Gasteiger partial charge in [-0.2, -0.15) is 0 Å². The fourth-order valence-electron chi connectivity index (χ4n) is 2.08. The van der Waals surface area contributed by atoms with Crippen molar-refractivity contribution in [2.75, 3.05) is 45.9 Å². The van der Waals surface area contributed by atoms with E-state index >= 15 is 0 Å². The Hall–Kier alpha value is -0.380. The van der Waals surface area contributed by atoms with Crippen LogP contribution in [-0.4, -0.2) is 50.8 Å². The van der Waals surface area contributed by atoms with E-state index in [9.17, 15) is 0 Å². The SMILES string of the molecule is C=CCCCCCCOCCN1CCNCC1. The van der Waals surface area contributed by atoms with Crippen LogP contribution in [0.1, 0.15) is 32.1 Å². The Morgan fingerprint density at radius 2 is 1.82 bits per heavy atom. The largest absolute Gasteiger partial charge is 0.380 e. The van der Waals surface area contributed by atoms with E-state index in [1.165, 1.54) is 38.8 Å². The highest BCUT2D eigenvalue weighted by Crippen LogP contribution is 2.03. The summed E-state index contributed by atoms with van der Waals surface area (Å²) >= 11 is 0. The number of nitrogens with one attached hydrogen (secondary N) is 1. The van der Waals surface area contributed by atoms with E-state index in [1.54, 1.807) is 0 Å². The molecule has 0 amide bonds. The van der Waals surface area contributed by atoms with Crippen molar-refractivity contribution in [3.8, 4) is 0 Å². The van der Waals surface area contributed by atoms with Crippen LogP contribution in [0.4, 0.5) is 0 Å². The summed E-state index contributed by atoms with van der Waals surface area (Å²) in [5.41, 5.74) is 0. The van der Waals surface area contributed by atoms with Crippen LogP contribution in [0.15, 0.2) is 12.7 Å². The van der Waals surface area contributed by atoms with Crippen molar-refractivity contribution in [1.29, 1.82) is 0 Å². The molecule has 3 nitrogen and oxygen atoms in total. The number of hydrogen-bond donors (Lipinski definition) is 1. The molecule has 3 heteroatoms. The summed E-state index contributed by atoms with van der Waals surface area (Å²) in [4.78, 5) is 2.47. The number of hydrogen-bond acceptors (Lipinski definition) is 3. The fourth-order valence-corrected chi connectivity index (χ4v) is 2.08.